The van der Waals surface area contributed by atoms with Crippen LogP contribution >= 0.6 is 0 Å². The predicted octanol–water partition coefficient (Wildman–Crippen LogP) is 2.57. The maximum absolute atomic E-state index is 13.3. The van der Waals surface area contributed by atoms with Crippen LogP contribution in [0.1, 0.15) is 34.1 Å². The van der Waals surface area contributed by atoms with E-state index in [1.54, 1.807) is 6.07 Å². The molecule has 0 saturated carbocycles. The maximum atomic E-state index is 13.3. The summed E-state index contributed by atoms with van der Waals surface area (Å²) in [5.74, 6) is -2.73. The number of nitrogens with zero attached hydrogens (tertiary/aromatic N) is 3. The third-order valence-corrected chi connectivity index (χ3v) is 3.24. The molecule has 0 spiro atoms. The molecule has 0 aromatic carbocycles. The number of esters is 1. The Bertz CT molecular complexity index is 897. The van der Waals surface area contributed by atoms with Gasteiger partial charge in [-0.25, -0.2) is 9.78 Å². The van der Waals surface area contributed by atoms with Crippen molar-refractivity contribution in [3.63, 3.8) is 0 Å². The average molecular weight is 367 g/mol. The minimum absolute atomic E-state index is 0.143. The highest BCUT2D eigenvalue weighted by molar-refractivity contribution is 5.91. The van der Waals surface area contributed by atoms with Crippen molar-refractivity contribution < 1.29 is 32.6 Å². The van der Waals surface area contributed by atoms with Gasteiger partial charge in [0, 0.05) is 12.4 Å². The second kappa shape index (κ2) is 7.26. The minimum atomic E-state index is -4.96. The Morgan fingerprint density at radius 1 is 1.42 bits per heavy atom. The van der Waals surface area contributed by atoms with Crippen LogP contribution in [-0.4, -0.2) is 33.2 Å². The Hall–Kier alpha value is -3.35. The number of rotatable bonds is 5. The summed E-state index contributed by atoms with van der Waals surface area (Å²) in [6.07, 6.45) is -2.77. The van der Waals surface area contributed by atoms with Gasteiger partial charge in [0.2, 0.25) is 0 Å². The van der Waals surface area contributed by atoms with Gasteiger partial charge in [-0.3, -0.25) is 4.79 Å². The van der Waals surface area contributed by atoms with Gasteiger partial charge in [-0.15, -0.1) is 0 Å². The van der Waals surface area contributed by atoms with Crippen molar-refractivity contribution in [1.82, 2.24) is 9.55 Å². The Kier molecular flexibility index (Phi) is 5.30. The Balaban J connectivity index is 2.63. The van der Waals surface area contributed by atoms with Crippen molar-refractivity contribution in [2.75, 3.05) is 6.61 Å². The lowest BCUT2D eigenvalue weighted by atomic mass is 10.1. The van der Waals surface area contributed by atoms with Crippen LogP contribution in [0, 0.1) is 11.3 Å². The highest BCUT2D eigenvalue weighted by Gasteiger charge is 2.39. The van der Waals surface area contributed by atoms with E-state index in [9.17, 15) is 28.0 Å². The van der Waals surface area contributed by atoms with Crippen LogP contribution in [0.4, 0.5) is 13.2 Å². The molecule has 0 aliphatic rings. The molecular weight excluding hydrogens is 355 g/mol. The summed E-state index contributed by atoms with van der Waals surface area (Å²) in [5.41, 5.74) is -2.33. The number of hydrogen-bond donors (Lipinski definition) is 1. The van der Waals surface area contributed by atoms with Gasteiger partial charge in [-0.05, 0) is 24.6 Å². The van der Waals surface area contributed by atoms with Gasteiger partial charge in [0.1, 0.15) is 6.07 Å². The molecule has 2 rings (SSSR count). The minimum Gasteiger partial charge on any atom is -0.481 e. The summed E-state index contributed by atoms with van der Waals surface area (Å²) in [6.45, 7) is 1.29. The van der Waals surface area contributed by atoms with Crippen LogP contribution < -0.4 is 0 Å². The van der Waals surface area contributed by atoms with Gasteiger partial charge in [-0.1, -0.05) is 0 Å². The molecular formula is C16H12F3N3O4. The SMILES string of the molecule is CCOC(=O)c1cc(C#N)c(-n2ccc(CC(=O)O)c2)nc1C(F)(F)F. The van der Waals surface area contributed by atoms with Gasteiger partial charge < -0.3 is 14.4 Å². The summed E-state index contributed by atoms with van der Waals surface area (Å²) in [5, 5.41) is 18.0. The summed E-state index contributed by atoms with van der Waals surface area (Å²) in [7, 11) is 0. The first-order valence-electron chi connectivity index (χ1n) is 7.25. The third-order valence-electron chi connectivity index (χ3n) is 3.24. The molecule has 0 radical (unpaired) electrons. The highest BCUT2D eigenvalue weighted by Crippen LogP contribution is 2.33. The normalized spacial score (nSPS) is 11.0. The topological polar surface area (TPSA) is 105 Å². The van der Waals surface area contributed by atoms with Gasteiger partial charge in [-0.2, -0.15) is 18.4 Å². The molecule has 7 nitrogen and oxygen atoms in total. The van der Waals surface area contributed by atoms with Crippen LogP contribution in [0.15, 0.2) is 24.5 Å². The molecule has 0 atom stereocenters. The number of nitriles is 1. The molecule has 1 N–H and O–H groups in total. The number of hydrogen-bond acceptors (Lipinski definition) is 5. The van der Waals surface area contributed by atoms with E-state index in [0.717, 1.165) is 10.6 Å². The van der Waals surface area contributed by atoms with E-state index in [1.807, 2.05) is 0 Å². The maximum Gasteiger partial charge on any atom is 0.434 e. The molecule has 10 heteroatoms. The van der Waals surface area contributed by atoms with Crippen molar-refractivity contribution in [3.05, 3.63) is 46.9 Å². The lowest BCUT2D eigenvalue weighted by Gasteiger charge is -2.14. The number of carbonyl (C=O) groups excluding carboxylic acids is 1. The molecule has 0 bridgehead atoms. The standard InChI is InChI=1S/C16H12F3N3O4/c1-2-26-15(25)11-6-10(7-20)14(21-13(11)16(17,18)19)22-4-3-9(8-22)5-12(23)24/h3-4,6,8H,2,5H2,1H3,(H,23,24). The number of pyridine rings is 1. The number of ether oxygens (including phenoxy) is 1. The van der Waals surface area contributed by atoms with E-state index >= 15 is 0 Å². The van der Waals surface area contributed by atoms with Gasteiger partial charge in [0.25, 0.3) is 0 Å². The first-order valence-corrected chi connectivity index (χ1v) is 7.25. The number of carbonyl (C=O) groups is 2. The monoisotopic (exact) mass is 367 g/mol. The van der Waals surface area contributed by atoms with E-state index in [4.69, 9.17) is 5.11 Å². The molecule has 2 aromatic heterocycles. The third kappa shape index (κ3) is 4.00. The number of carboxylic acids is 1. The lowest BCUT2D eigenvalue weighted by Crippen LogP contribution is -2.19. The van der Waals surface area contributed by atoms with Crippen LogP contribution in [0.25, 0.3) is 5.82 Å². The van der Waals surface area contributed by atoms with Gasteiger partial charge >= 0.3 is 18.1 Å². The summed E-state index contributed by atoms with van der Waals surface area (Å²) < 4.78 is 45.6. The van der Waals surface area contributed by atoms with Crippen LogP contribution in [-0.2, 0) is 22.1 Å². The first kappa shape index (κ1) is 19.0. The summed E-state index contributed by atoms with van der Waals surface area (Å²) in [4.78, 5) is 26.0. The molecule has 2 aromatic rings. The van der Waals surface area contributed by atoms with Crippen molar-refractivity contribution in [2.45, 2.75) is 19.5 Å². The van der Waals surface area contributed by atoms with Crippen molar-refractivity contribution in [2.24, 2.45) is 0 Å². The number of carboxylic acid groups (broad SMARTS) is 1. The molecule has 0 fully saturated rings. The molecule has 0 amide bonds. The van der Waals surface area contributed by atoms with Gasteiger partial charge in [0.15, 0.2) is 11.5 Å². The fourth-order valence-electron chi connectivity index (χ4n) is 2.21. The zero-order valence-corrected chi connectivity index (χ0v) is 13.4. The van der Waals surface area contributed by atoms with Crippen LogP contribution in [0.3, 0.4) is 0 Å². The van der Waals surface area contributed by atoms with Crippen molar-refractivity contribution in [1.29, 1.82) is 5.26 Å². The number of alkyl halides is 3. The molecule has 0 unspecified atom stereocenters. The zero-order valence-electron chi connectivity index (χ0n) is 13.4. The van der Waals surface area contributed by atoms with Crippen molar-refractivity contribution in [3.8, 4) is 11.9 Å². The van der Waals surface area contributed by atoms with Gasteiger partial charge in [0.05, 0.1) is 24.2 Å². The van der Waals surface area contributed by atoms with Crippen molar-refractivity contribution >= 4 is 11.9 Å². The zero-order chi connectivity index (χ0) is 19.5. The molecule has 0 aliphatic carbocycles. The molecule has 2 heterocycles. The lowest BCUT2D eigenvalue weighted by molar-refractivity contribution is -0.141. The fourth-order valence-corrected chi connectivity index (χ4v) is 2.21. The Morgan fingerprint density at radius 3 is 2.65 bits per heavy atom. The average Bonchev–Trinajstić information content (AvgIpc) is 3.00. The Morgan fingerprint density at radius 2 is 2.12 bits per heavy atom. The molecule has 0 saturated heterocycles. The highest BCUT2D eigenvalue weighted by atomic mass is 19.4. The summed E-state index contributed by atoms with van der Waals surface area (Å²) in [6, 6.07) is 3.83. The van der Waals surface area contributed by atoms with E-state index in [2.05, 4.69) is 9.72 Å². The molecule has 136 valence electrons. The fraction of sp³-hybridized carbons (Fsp3) is 0.250. The number of halogens is 3. The molecule has 26 heavy (non-hydrogen) atoms. The van der Waals surface area contributed by atoms with Crippen LogP contribution in [0.2, 0.25) is 0 Å². The quantitative estimate of drug-likeness (QED) is 0.815. The van der Waals surface area contributed by atoms with E-state index < -0.39 is 29.4 Å². The van der Waals surface area contributed by atoms with E-state index in [0.29, 0.717) is 5.56 Å². The number of aromatic nitrogens is 2. The predicted molar refractivity (Wildman–Crippen MR) is 80.6 cm³/mol. The van der Waals surface area contributed by atoms with Crippen LogP contribution in [0.5, 0.6) is 0 Å². The second-order valence-electron chi connectivity index (χ2n) is 5.08. The van der Waals surface area contributed by atoms with E-state index in [1.165, 1.54) is 25.4 Å². The van der Waals surface area contributed by atoms with E-state index in [-0.39, 0.29) is 24.4 Å². The first-order chi connectivity index (χ1) is 12.2. The smallest absolute Gasteiger partial charge is 0.434 e. The molecule has 0 aliphatic heterocycles. The Labute approximate surface area is 145 Å². The summed E-state index contributed by atoms with van der Waals surface area (Å²) >= 11 is 0. The largest absolute Gasteiger partial charge is 0.481 e. The second-order valence-corrected chi connectivity index (χ2v) is 5.08. The number of aliphatic carboxylic acids is 1.